The van der Waals surface area contributed by atoms with Crippen molar-refractivity contribution in [3.63, 3.8) is 0 Å². The number of hydrogen-bond acceptors (Lipinski definition) is 8. The first-order chi connectivity index (χ1) is 11.1. The quantitative estimate of drug-likeness (QED) is 0.620. The fourth-order valence-electron chi connectivity index (χ4n) is 2.53. The van der Waals surface area contributed by atoms with E-state index < -0.39 is 5.97 Å². The number of thioether (sulfide) groups is 1. The second-order valence-electron chi connectivity index (χ2n) is 5.09. The summed E-state index contributed by atoms with van der Waals surface area (Å²) in [5.74, 6) is 0.967. The van der Waals surface area contributed by atoms with Crippen LogP contribution in [-0.2, 0) is 9.47 Å². The number of esters is 1. The molecule has 0 saturated carbocycles. The van der Waals surface area contributed by atoms with Crippen molar-refractivity contribution in [1.29, 1.82) is 0 Å². The molecule has 2 aromatic heterocycles. The van der Waals surface area contributed by atoms with Crippen molar-refractivity contribution < 1.29 is 14.3 Å². The van der Waals surface area contributed by atoms with Gasteiger partial charge in [-0.2, -0.15) is 0 Å². The molecule has 7 nitrogen and oxygen atoms in total. The topological polar surface area (TPSA) is 77.4 Å². The first-order valence-electron chi connectivity index (χ1n) is 7.28. The summed E-state index contributed by atoms with van der Waals surface area (Å²) in [5.41, 5.74) is 1.66. The van der Waals surface area contributed by atoms with Gasteiger partial charge >= 0.3 is 5.97 Å². The second-order valence-corrected chi connectivity index (χ2v) is 5.94. The fraction of sp³-hybridized carbons (Fsp3) is 0.467. The average molecular weight is 334 g/mol. The summed E-state index contributed by atoms with van der Waals surface area (Å²) in [6, 6.07) is 1.72. The zero-order valence-corrected chi connectivity index (χ0v) is 14.1. The first-order valence-corrected chi connectivity index (χ1v) is 8.51. The molecule has 0 radical (unpaired) electrons. The minimum Gasteiger partial charge on any atom is -0.464 e. The Morgan fingerprint density at radius 1 is 1.26 bits per heavy atom. The maximum absolute atomic E-state index is 11.9. The number of rotatable bonds is 3. The number of aryl methyl sites for hydroxylation is 1. The van der Waals surface area contributed by atoms with Gasteiger partial charge in [0.25, 0.3) is 0 Å². The summed E-state index contributed by atoms with van der Waals surface area (Å²) in [6.45, 7) is 4.64. The van der Waals surface area contributed by atoms with E-state index in [1.165, 1.54) is 18.9 Å². The van der Waals surface area contributed by atoms with E-state index in [4.69, 9.17) is 9.47 Å². The fourth-order valence-corrected chi connectivity index (χ4v) is 3.10. The third-order valence-corrected chi connectivity index (χ3v) is 4.39. The van der Waals surface area contributed by atoms with Gasteiger partial charge in [0.2, 0.25) is 0 Å². The Labute approximate surface area is 138 Å². The molecule has 1 saturated heterocycles. The van der Waals surface area contributed by atoms with E-state index in [0.717, 1.165) is 29.3 Å². The van der Waals surface area contributed by atoms with E-state index >= 15 is 0 Å². The van der Waals surface area contributed by atoms with E-state index in [1.54, 1.807) is 6.07 Å². The molecule has 0 spiro atoms. The molecule has 0 atom stereocenters. The van der Waals surface area contributed by atoms with Crippen LogP contribution in [0.3, 0.4) is 0 Å². The van der Waals surface area contributed by atoms with E-state index in [0.29, 0.717) is 24.6 Å². The van der Waals surface area contributed by atoms with Gasteiger partial charge in [-0.05, 0) is 19.2 Å². The Bertz CT molecular complexity index is 747. The number of carbonyl (C=O) groups is 1. The summed E-state index contributed by atoms with van der Waals surface area (Å²) in [6.07, 6.45) is 1.95. The van der Waals surface area contributed by atoms with Crippen molar-refractivity contribution in [2.45, 2.75) is 11.8 Å². The summed E-state index contributed by atoms with van der Waals surface area (Å²) >= 11 is 1.52. The van der Waals surface area contributed by atoms with Gasteiger partial charge in [0.1, 0.15) is 22.6 Å². The number of carbonyl (C=O) groups excluding carboxylic acids is 1. The molecule has 3 rings (SSSR count). The van der Waals surface area contributed by atoms with Gasteiger partial charge in [0, 0.05) is 18.0 Å². The number of hydrogen-bond donors (Lipinski definition) is 0. The summed E-state index contributed by atoms with van der Waals surface area (Å²) in [4.78, 5) is 28.5. The van der Waals surface area contributed by atoms with Crippen LogP contribution in [0.1, 0.15) is 16.3 Å². The number of methoxy groups -OCH3 is 1. The Balaban J connectivity index is 2.23. The molecule has 122 valence electrons. The van der Waals surface area contributed by atoms with Crippen LogP contribution < -0.4 is 4.90 Å². The van der Waals surface area contributed by atoms with Crippen molar-refractivity contribution in [2.75, 3.05) is 44.6 Å². The smallest absolute Gasteiger partial charge is 0.356 e. The van der Waals surface area contributed by atoms with Crippen molar-refractivity contribution in [2.24, 2.45) is 0 Å². The highest BCUT2D eigenvalue weighted by Crippen LogP contribution is 2.30. The number of aromatic nitrogens is 3. The van der Waals surface area contributed by atoms with Gasteiger partial charge in [0.05, 0.1) is 20.3 Å². The normalized spacial score (nSPS) is 15.0. The molecule has 0 unspecified atom stereocenters. The molecule has 2 aromatic rings. The Morgan fingerprint density at radius 2 is 2.00 bits per heavy atom. The molecule has 1 aliphatic heterocycles. The molecule has 0 amide bonds. The highest BCUT2D eigenvalue weighted by Gasteiger charge is 2.21. The molecule has 1 aliphatic rings. The van der Waals surface area contributed by atoms with Gasteiger partial charge in [0.15, 0.2) is 5.82 Å². The molecule has 8 heteroatoms. The molecular formula is C15H18N4O3S. The third kappa shape index (κ3) is 3.09. The zero-order chi connectivity index (χ0) is 16.4. The van der Waals surface area contributed by atoms with Crippen LogP contribution in [0.2, 0.25) is 0 Å². The highest BCUT2D eigenvalue weighted by molar-refractivity contribution is 7.98. The zero-order valence-electron chi connectivity index (χ0n) is 13.3. The molecule has 0 bridgehead atoms. The number of fused-ring (bicyclic) bond motifs is 1. The van der Waals surface area contributed by atoms with Gasteiger partial charge in [-0.1, -0.05) is 0 Å². The van der Waals surface area contributed by atoms with Crippen LogP contribution >= 0.6 is 11.8 Å². The Morgan fingerprint density at radius 3 is 2.65 bits per heavy atom. The van der Waals surface area contributed by atoms with Gasteiger partial charge in [-0.15, -0.1) is 11.8 Å². The lowest BCUT2D eigenvalue weighted by molar-refractivity contribution is 0.0594. The lowest BCUT2D eigenvalue weighted by atomic mass is 10.2. The number of ether oxygens (including phenoxy) is 2. The van der Waals surface area contributed by atoms with Gasteiger partial charge in [-0.25, -0.2) is 19.7 Å². The lowest BCUT2D eigenvalue weighted by Crippen LogP contribution is -2.37. The summed E-state index contributed by atoms with van der Waals surface area (Å²) in [7, 11) is 1.35. The summed E-state index contributed by atoms with van der Waals surface area (Å²) < 4.78 is 10.2. The van der Waals surface area contributed by atoms with Gasteiger partial charge < -0.3 is 14.4 Å². The van der Waals surface area contributed by atoms with E-state index in [1.807, 2.05) is 13.2 Å². The monoisotopic (exact) mass is 334 g/mol. The third-order valence-electron chi connectivity index (χ3n) is 3.64. The number of nitrogens with zero attached hydrogens (tertiary/aromatic N) is 4. The van der Waals surface area contributed by atoms with Crippen molar-refractivity contribution in [3.05, 3.63) is 17.6 Å². The van der Waals surface area contributed by atoms with Crippen molar-refractivity contribution in [3.8, 4) is 0 Å². The lowest BCUT2D eigenvalue weighted by Gasteiger charge is -2.28. The summed E-state index contributed by atoms with van der Waals surface area (Å²) in [5, 5.41) is 0. The minimum absolute atomic E-state index is 0.270. The van der Waals surface area contributed by atoms with E-state index in [9.17, 15) is 4.79 Å². The predicted octanol–water partition coefficient (Wildman–Crippen LogP) is 1.68. The van der Waals surface area contributed by atoms with E-state index in [-0.39, 0.29) is 5.69 Å². The molecule has 0 aliphatic carbocycles. The SMILES string of the molecule is COC(=O)c1cc(SC)c2nc(C)nc(N3CCOCC3)c2n1. The van der Waals surface area contributed by atoms with E-state index in [2.05, 4.69) is 19.9 Å². The maximum Gasteiger partial charge on any atom is 0.356 e. The number of morpholine rings is 1. The molecule has 1 fully saturated rings. The molecule has 23 heavy (non-hydrogen) atoms. The van der Waals surface area contributed by atoms with Crippen LogP contribution in [-0.4, -0.2) is 60.6 Å². The Kier molecular flexibility index (Phi) is 4.63. The molecule has 0 aromatic carbocycles. The Hall–Kier alpha value is -1.93. The van der Waals surface area contributed by atoms with Crippen LogP contribution in [0.15, 0.2) is 11.0 Å². The standard InChI is InChI=1S/C15H18N4O3S/c1-9-16-12-11(23-3)8-10(15(20)21-2)18-13(12)14(17-9)19-4-6-22-7-5-19/h8H,4-7H2,1-3H3. The van der Waals surface area contributed by atoms with Crippen LogP contribution in [0.25, 0.3) is 11.0 Å². The largest absolute Gasteiger partial charge is 0.464 e. The average Bonchev–Trinajstić information content (AvgIpc) is 2.60. The van der Waals surface area contributed by atoms with Crippen LogP contribution in [0.4, 0.5) is 5.82 Å². The molecule has 0 N–H and O–H groups in total. The predicted molar refractivity (Wildman–Crippen MR) is 88.2 cm³/mol. The van der Waals surface area contributed by atoms with Crippen molar-refractivity contribution in [1.82, 2.24) is 15.0 Å². The second kappa shape index (κ2) is 6.67. The number of anilines is 1. The molecular weight excluding hydrogens is 316 g/mol. The van der Waals surface area contributed by atoms with Crippen molar-refractivity contribution >= 4 is 34.6 Å². The minimum atomic E-state index is -0.462. The van der Waals surface area contributed by atoms with Crippen LogP contribution in [0, 0.1) is 6.92 Å². The van der Waals surface area contributed by atoms with Gasteiger partial charge in [-0.3, -0.25) is 0 Å². The number of pyridine rings is 1. The highest BCUT2D eigenvalue weighted by atomic mass is 32.2. The molecule has 3 heterocycles. The maximum atomic E-state index is 11.9. The van der Waals surface area contributed by atoms with Crippen LogP contribution in [0.5, 0.6) is 0 Å². The first kappa shape index (κ1) is 15.9.